The molecular weight excluding hydrogens is 243 g/mol. The van der Waals surface area contributed by atoms with Crippen molar-refractivity contribution in [1.29, 1.82) is 0 Å². The lowest BCUT2D eigenvalue weighted by atomic mass is 10.1. The highest BCUT2D eigenvalue weighted by molar-refractivity contribution is 5.53. The third-order valence-electron chi connectivity index (χ3n) is 3.30. The van der Waals surface area contributed by atoms with Gasteiger partial charge in [0.25, 0.3) is 0 Å². The molecule has 4 heteroatoms. The summed E-state index contributed by atoms with van der Waals surface area (Å²) < 4.78 is 18.6. The van der Waals surface area contributed by atoms with E-state index in [1.807, 2.05) is 19.1 Å². The first-order valence-corrected chi connectivity index (χ1v) is 6.35. The Hall–Kier alpha value is -2.10. The van der Waals surface area contributed by atoms with Crippen molar-refractivity contribution in [3.63, 3.8) is 0 Å². The summed E-state index contributed by atoms with van der Waals surface area (Å²) in [5, 5.41) is 3.35. The summed E-state index contributed by atoms with van der Waals surface area (Å²) >= 11 is 0. The predicted octanol–water partition coefficient (Wildman–Crippen LogP) is 3.33. The van der Waals surface area contributed by atoms with Gasteiger partial charge in [-0.25, -0.2) is 4.39 Å². The van der Waals surface area contributed by atoms with Crippen LogP contribution in [0.4, 0.5) is 10.1 Å². The number of rotatable bonds is 3. The summed E-state index contributed by atoms with van der Waals surface area (Å²) in [7, 11) is 0. The Kier molecular flexibility index (Phi) is 3.07. The summed E-state index contributed by atoms with van der Waals surface area (Å²) in [6.45, 7) is 2.74. The highest BCUT2D eigenvalue weighted by Gasteiger charge is 2.13. The molecule has 0 spiro atoms. The van der Waals surface area contributed by atoms with Gasteiger partial charge in [-0.3, -0.25) is 4.98 Å². The Labute approximate surface area is 111 Å². The minimum absolute atomic E-state index is 0.00331. The molecule has 0 bridgehead atoms. The highest BCUT2D eigenvalue weighted by Crippen LogP contribution is 2.29. The van der Waals surface area contributed by atoms with Crippen LogP contribution >= 0.6 is 0 Å². The van der Waals surface area contributed by atoms with Crippen LogP contribution in [0.15, 0.2) is 36.7 Å². The smallest absolute Gasteiger partial charge is 0.141 e. The third-order valence-corrected chi connectivity index (χ3v) is 3.30. The molecule has 2 heterocycles. The molecule has 1 aromatic carbocycles. The van der Waals surface area contributed by atoms with Gasteiger partial charge in [-0.15, -0.1) is 0 Å². The Balaban J connectivity index is 1.77. The second-order valence-corrected chi connectivity index (χ2v) is 4.72. The molecule has 0 amide bonds. The number of nitrogens with one attached hydrogen (secondary N) is 1. The van der Waals surface area contributed by atoms with Gasteiger partial charge in [0.2, 0.25) is 0 Å². The molecule has 1 unspecified atom stereocenters. The maximum atomic E-state index is 13.1. The summed E-state index contributed by atoms with van der Waals surface area (Å²) in [5.74, 6) is 0.652. The van der Waals surface area contributed by atoms with Crippen LogP contribution < -0.4 is 10.1 Å². The number of anilines is 1. The van der Waals surface area contributed by atoms with E-state index in [9.17, 15) is 4.39 Å². The number of benzene rings is 1. The van der Waals surface area contributed by atoms with Crippen LogP contribution in [-0.4, -0.2) is 11.6 Å². The average molecular weight is 258 g/mol. The van der Waals surface area contributed by atoms with Crippen LogP contribution in [0.25, 0.3) is 0 Å². The standard InChI is InChI=1S/C15H15FN2O/c1-10(12-6-13(16)9-17-8-12)18-14-2-3-15-11(7-14)4-5-19-15/h2-3,6-10,18H,4-5H2,1H3. The second-order valence-electron chi connectivity index (χ2n) is 4.72. The van der Waals surface area contributed by atoms with Crippen LogP contribution in [0.3, 0.4) is 0 Å². The molecule has 0 saturated heterocycles. The number of hydrogen-bond acceptors (Lipinski definition) is 3. The molecule has 19 heavy (non-hydrogen) atoms. The Morgan fingerprint density at radius 1 is 1.32 bits per heavy atom. The van der Waals surface area contributed by atoms with Gasteiger partial charge >= 0.3 is 0 Å². The zero-order valence-corrected chi connectivity index (χ0v) is 10.7. The molecule has 1 aliphatic rings. The molecule has 1 aliphatic heterocycles. The minimum atomic E-state index is -0.312. The third kappa shape index (κ3) is 2.52. The number of pyridine rings is 1. The van der Waals surface area contributed by atoms with E-state index >= 15 is 0 Å². The van der Waals surface area contributed by atoms with Gasteiger partial charge < -0.3 is 10.1 Å². The SMILES string of the molecule is CC(Nc1ccc2c(c1)CCO2)c1cncc(F)c1. The van der Waals surface area contributed by atoms with Gasteiger partial charge in [-0.1, -0.05) is 0 Å². The summed E-state index contributed by atoms with van der Waals surface area (Å²) in [4.78, 5) is 3.87. The molecule has 0 aliphatic carbocycles. The number of hydrogen-bond donors (Lipinski definition) is 1. The molecule has 0 saturated carbocycles. The first-order valence-electron chi connectivity index (χ1n) is 6.35. The summed E-state index contributed by atoms with van der Waals surface area (Å²) in [6, 6.07) is 7.55. The monoisotopic (exact) mass is 258 g/mol. The number of halogens is 1. The fourth-order valence-electron chi connectivity index (χ4n) is 2.27. The average Bonchev–Trinajstić information content (AvgIpc) is 2.86. The van der Waals surface area contributed by atoms with E-state index in [0.29, 0.717) is 0 Å². The van der Waals surface area contributed by atoms with Crippen molar-refractivity contribution in [3.05, 3.63) is 53.6 Å². The first-order chi connectivity index (χ1) is 9.22. The Morgan fingerprint density at radius 3 is 3.05 bits per heavy atom. The molecule has 2 aromatic rings. The van der Waals surface area contributed by atoms with Crippen LogP contribution in [0.5, 0.6) is 5.75 Å². The quantitative estimate of drug-likeness (QED) is 0.917. The zero-order valence-electron chi connectivity index (χ0n) is 10.7. The van der Waals surface area contributed by atoms with Crippen LogP contribution in [-0.2, 0) is 6.42 Å². The van der Waals surface area contributed by atoms with Crippen molar-refractivity contribution in [2.45, 2.75) is 19.4 Å². The van der Waals surface area contributed by atoms with Crippen molar-refractivity contribution in [2.75, 3.05) is 11.9 Å². The molecule has 1 atom stereocenters. The van der Waals surface area contributed by atoms with Gasteiger partial charge in [-0.05, 0) is 42.3 Å². The highest BCUT2D eigenvalue weighted by atomic mass is 19.1. The second kappa shape index (κ2) is 4.88. The van der Waals surface area contributed by atoms with Gasteiger partial charge in [-0.2, -0.15) is 0 Å². The Morgan fingerprint density at radius 2 is 2.21 bits per heavy atom. The van der Waals surface area contributed by atoms with Gasteiger partial charge in [0.1, 0.15) is 11.6 Å². The lowest BCUT2D eigenvalue weighted by molar-refractivity contribution is 0.357. The number of nitrogens with zero attached hydrogens (tertiary/aromatic N) is 1. The lowest BCUT2D eigenvalue weighted by Gasteiger charge is -2.16. The number of ether oxygens (including phenoxy) is 1. The van der Waals surface area contributed by atoms with E-state index in [0.717, 1.165) is 30.0 Å². The largest absolute Gasteiger partial charge is 0.493 e. The molecule has 1 N–H and O–H groups in total. The van der Waals surface area contributed by atoms with E-state index in [1.165, 1.54) is 17.8 Å². The molecule has 0 fully saturated rings. The van der Waals surface area contributed by atoms with Crippen molar-refractivity contribution in [3.8, 4) is 5.75 Å². The van der Waals surface area contributed by atoms with E-state index in [2.05, 4.69) is 16.4 Å². The van der Waals surface area contributed by atoms with Crippen molar-refractivity contribution in [1.82, 2.24) is 4.98 Å². The molecular formula is C15H15FN2O. The van der Waals surface area contributed by atoms with Crippen molar-refractivity contribution in [2.24, 2.45) is 0 Å². The number of fused-ring (bicyclic) bond motifs is 1. The molecule has 3 rings (SSSR count). The van der Waals surface area contributed by atoms with Crippen molar-refractivity contribution >= 4 is 5.69 Å². The fraction of sp³-hybridized carbons (Fsp3) is 0.267. The van der Waals surface area contributed by atoms with E-state index < -0.39 is 0 Å². The van der Waals surface area contributed by atoms with Gasteiger partial charge in [0, 0.05) is 18.3 Å². The molecule has 1 aromatic heterocycles. The summed E-state index contributed by atoms with van der Waals surface area (Å²) in [5.41, 5.74) is 3.06. The van der Waals surface area contributed by atoms with E-state index in [1.54, 1.807) is 6.20 Å². The molecule has 0 radical (unpaired) electrons. The minimum Gasteiger partial charge on any atom is -0.493 e. The fourth-order valence-corrected chi connectivity index (χ4v) is 2.27. The molecule has 98 valence electrons. The maximum absolute atomic E-state index is 13.1. The Bertz CT molecular complexity index is 600. The maximum Gasteiger partial charge on any atom is 0.141 e. The predicted molar refractivity (Wildman–Crippen MR) is 71.9 cm³/mol. The first kappa shape index (κ1) is 12.0. The molecule has 3 nitrogen and oxygen atoms in total. The number of aromatic nitrogens is 1. The van der Waals surface area contributed by atoms with E-state index in [-0.39, 0.29) is 11.9 Å². The zero-order chi connectivity index (χ0) is 13.2. The summed E-state index contributed by atoms with van der Waals surface area (Å²) in [6.07, 6.45) is 3.83. The van der Waals surface area contributed by atoms with Gasteiger partial charge in [0.15, 0.2) is 0 Å². The lowest BCUT2D eigenvalue weighted by Crippen LogP contribution is -2.07. The van der Waals surface area contributed by atoms with Crippen LogP contribution in [0.2, 0.25) is 0 Å². The van der Waals surface area contributed by atoms with Crippen LogP contribution in [0.1, 0.15) is 24.1 Å². The van der Waals surface area contributed by atoms with Crippen molar-refractivity contribution < 1.29 is 9.13 Å². The normalized spacial score (nSPS) is 14.6. The van der Waals surface area contributed by atoms with E-state index in [4.69, 9.17) is 4.74 Å². The topological polar surface area (TPSA) is 34.1 Å². The van der Waals surface area contributed by atoms with Crippen LogP contribution in [0, 0.1) is 5.82 Å². The van der Waals surface area contributed by atoms with Gasteiger partial charge in [0.05, 0.1) is 18.8 Å².